The molecule has 2 atom stereocenters. The Balaban J connectivity index is 1.65. The molecule has 2 aliphatic heterocycles. The van der Waals surface area contributed by atoms with E-state index >= 15 is 0 Å². The number of amides is 2. The van der Waals surface area contributed by atoms with E-state index in [0.717, 1.165) is 52.1 Å². The Labute approximate surface area is 146 Å². The van der Waals surface area contributed by atoms with Crippen LogP contribution in [0.15, 0.2) is 0 Å². The summed E-state index contributed by atoms with van der Waals surface area (Å²) in [6, 6.07) is 0.591. The highest BCUT2D eigenvalue weighted by Crippen LogP contribution is 2.14. The molecular formula is C18H34N4O2. The first kappa shape index (κ1) is 19.2. The van der Waals surface area contributed by atoms with Gasteiger partial charge in [0, 0.05) is 64.2 Å². The molecule has 0 spiro atoms. The van der Waals surface area contributed by atoms with E-state index in [9.17, 15) is 9.59 Å². The van der Waals surface area contributed by atoms with Gasteiger partial charge in [0.2, 0.25) is 11.8 Å². The van der Waals surface area contributed by atoms with Crippen molar-refractivity contribution >= 4 is 11.8 Å². The quantitative estimate of drug-likeness (QED) is 0.698. The van der Waals surface area contributed by atoms with Crippen LogP contribution in [0.2, 0.25) is 0 Å². The molecule has 138 valence electrons. The summed E-state index contributed by atoms with van der Waals surface area (Å²) in [4.78, 5) is 33.3. The Hall–Kier alpha value is -1.14. The summed E-state index contributed by atoms with van der Waals surface area (Å²) < 4.78 is 0. The Kier molecular flexibility index (Phi) is 7.04. The van der Waals surface area contributed by atoms with Crippen LogP contribution in [-0.2, 0) is 9.59 Å². The van der Waals surface area contributed by atoms with Gasteiger partial charge in [0.05, 0.1) is 0 Å². The molecule has 2 aliphatic rings. The first-order valence-electron chi connectivity index (χ1n) is 9.34. The van der Waals surface area contributed by atoms with Crippen LogP contribution in [0.5, 0.6) is 0 Å². The minimum atomic E-state index is 0.246. The smallest absolute Gasteiger partial charge is 0.222 e. The molecule has 0 saturated carbocycles. The van der Waals surface area contributed by atoms with Crippen LogP contribution in [0.25, 0.3) is 0 Å². The molecule has 0 unspecified atom stereocenters. The second-order valence-electron chi connectivity index (χ2n) is 7.60. The SMILES string of the molecule is C[C@@H]1CN(C)CCN1C(=O)CCCCC(=O)N1CCN(C)C[C@H]1C. The van der Waals surface area contributed by atoms with Crippen molar-refractivity contribution in [1.29, 1.82) is 0 Å². The van der Waals surface area contributed by atoms with Crippen molar-refractivity contribution in [3.63, 3.8) is 0 Å². The number of carbonyl (C=O) groups is 2. The Morgan fingerprint density at radius 3 is 1.46 bits per heavy atom. The van der Waals surface area contributed by atoms with Crippen molar-refractivity contribution in [2.24, 2.45) is 0 Å². The van der Waals surface area contributed by atoms with Gasteiger partial charge in [-0.1, -0.05) is 0 Å². The van der Waals surface area contributed by atoms with Gasteiger partial charge >= 0.3 is 0 Å². The van der Waals surface area contributed by atoms with Crippen molar-refractivity contribution in [2.75, 3.05) is 53.4 Å². The van der Waals surface area contributed by atoms with Crippen LogP contribution in [-0.4, -0.2) is 96.9 Å². The summed E-state index contributed by atoms with van der Waals surface area (Å²) in [5.41, 5.74) is 0. The summed E-state index contributed by atoms with van der Waals surface area (Å²) in [6.45, 7) is 9.70. The Bertz CT molecular complexity index is 403. The molecule has 24 heavy (non-hydrogen) atoms. The molecule has 0 bridgehead atoms. The van der Waals surface area contributed by atoms with E-state index in [-0.39, 0.29) is 11.8 Å². The van der Waals surface area contributed by atoms with E-state index in [4.69, 9.17) is 0 Å². The maximum absolute atomic E-state index is 12.4. The number of hydrogen-bond donors (Lipinski definition) is 0. The molecule has 2 heterocycles. The van der Waals surface area contributed by atoms with Crippen LogP contribution in [0.1, 0.15) is 39.5 Å². The van der Waals surface area contributed by atoms with Crippen LogP contribution in [0, 0.1) is 0 Å². The fourth-order valence-corrected chi connectivity index (χ4v) is 3.86. The molecule has 0 aromatic carbocycles. The van der Waals surface area contributed by atoms with E-state index in [1.165, 1.54) is 0 Å². The monoisotopic (exact) mass is 338 g/mol. The second kappa shape index (κ2) is 8.81. The van der Waals surface area contributed by atoms with Crippen molar-refractivity contribution in [3.8, 4) is 0 Å². The fourth-order valence-electron chi connectivity index (χ4n) is 3.86. The normalized spacial score (nSPS) is 26.7. The lowest BCUT2D eigenvalue weighted by molar-refractivity contribution is -0.137. The highest BCUT2D eigenvalue weighted by atomic mass is 16.2. The molecule has 0 aliphatic carbocycles. The fraction of sp³-hybridized carbons (Fsp3) is 0.889. The summed E-state index contributed by atoms with van der Waals surface area (Å²) in [6.07, 6.45) is 2.76. The number of unbranched alkanes of at least 4 members (excludes halogenated alkanes) is 1. The summed E-state index contributed by atoms with van der Waals surface area (Å²) >= 11 is 0. The van der Waals surface area contributed by atoms with Gasteiger partial charge in [-0.25, -0.2) is 0 Å². The van der Waals surface area contributed by atoms with Gasteiger partial charge < -0.3 is 19.6 Å². The molecule has 6 nitrogen and oxygen atoms in total. The minimum Gasteiger partial charge on any atom is -0.337 e. The Morgan fingerprint density at radius 2 is 1.12 bits per heavy atom. The summed E-state index contributed by atoms with van der Waals surface area (Å²) in [5.74, 6) is 0.493. The van der Waals surface area contributed by atoms with Gasteiger partial charge in [-0.15, -0.1) is 0 Å². The molecule has 2 fully saturated rings. The predicted octanol–water partition coefficient (Wildman–Crippen LogP) is 0.872. The summed E-state index contributed by atoms with van der Waals surface area (Å²) in [7, 11) is 4.20. The predicted molar refractivity (Wildman–Crippen MR) is 95.8 cm³/mol. The van der Waals surface area contributed by atoms with Crippen LogP contribution in [0.4, 0.5) is 0 Å². The maximum atomic E-state index is 12.4. The van der Waals surface area contributed by atoms with Crippen LogP contribution >= 0.6 is 0 Å². The largest absolute Gasteiger partial charge is 0.337 e. The van der Waals surface area contributed by atoms with E-state index in [2.05, 4.69) is 37.7 Å². The van der Waals surface area contributed by atoms with Gasteiger partial charge in [-0.05, 0) is 40.8 Å². The third-order valence-electron chi connectivity index (χ3n) is 5.33. The van der Waals surface area contributed by atoms with E-state index in [1.807, 2.05) is 9.80 Å². The molecule has 0 aromatic heterocycles. The number of likely N-dealkylation sites (N-methyl/N-ethyl adjacent to an activating group) is 2. The second-order valence-corrected chi connectivity index (χ2v) is 7.60. The van der Waals surface area contributed by atoms with Crippen molar-refractivity contribution in [1.82, 2.24) is 19.6 Å². The lowest BCUT2D eigenvalue weighted by atomic mass is 10.1. The van der Waals surface area contributed by atoms with E-state index in [0.29, 0.717) is 24.9 Å². The molecule has 6 heteroatoms. The minimum absolute atomic E-state index is 0.246. The topological polar surface area (TPSA) is 47.1 Å². The maximum Gasteiger partial charge on any atom is 0.222 e. The Morgan fingerprint density at radius 1 is 0.750 bits per heavy atom. The lowest BCUT2D eigenvalue weighted by Gasteiger charge is -2.38. The van der Waals surface area contributed by atoms with Gasteiger partial charge in [0.1, 0.15) is 0 Å². The van der Waals surface area contributed by atoms with Gasteiger partial charge in [0.15, 0.2) is 0 Å². The lowest BCUT2D eigenvalue weighted by Crippen LogP contribution is -2.52. The molecule has 2 rings (SSSR count). The summed E-state index contributed by atoms with van der Waals surface area (Å²) in [5, 5.41) is 0. The molecule has 2 amide bonds. The zero-order valence-corrected chi connectivity index (χ0v) is 15.8. The zero-order chi connectivity index (χ0) is 17.7. The van der Waals surface area contributed by atoms with Crippen LogP contribution < -0.4 is 0 Å². The first-order chi connectivity index (χ1) is 11.4. The van der Waals surface area contributed by atoms with E-state index in [1.54, 1.807) is 0 Å². The number of piperazine rings is 2. The van der Waals surface area contributed by atoms with Crippen molar-refractivity contribution < 1.29 is 9.59 Å². The van der Waals surface area contributed by atoms with Crippen LogP contribution in [0.3, 0.4) is 0 Å². The van der Waals surface area contributed by atoms with Crippen molar-refractivity contribution in [3.05, 3.63) is 0 Å². The average molecular weight is 338 g/mol. The molecule has 0 radical (unpaired) electrons. The molecule has 0 N–H and O–H groups in total. The number of hydrogen-bond acceptors (Lipinski definition) is 4. The standard InChI is InChI=1S/C18H34N4O2/c1-15-13-19(3)9-11-21(15)17(23)7-5-6-8-18(24)22-12-10-20(4)14-16(22)2/h15-16H,5-14H2,1-4H3/t15-,16-/m1/s1. The van der Waals surface area contributed by atoms with E-state index < -0.39 is 0 Å². The highest BCUT2D eigenvalue weighted by Gasteiger charge is 2.26. The molecule has 0 aromatic rings. The first-order valence-corrected chi connectivity index (χ1v) is 9.34. The third kappa shape index (κ3) is 5.18. The third-order valence-corrected chi connectivity index (χ3v) is 5.33. The van der Waals surface area contributed by atoms with Crippen molar-refractivity contribution in [2.45, 2.75) is 51.6 Å². The van der Waals surface area contributed by atoms with Gasteiger partial charge in [-0.3, -0.25) is 9.59 Å². The van der Waals surface area contributed by atoms with Gasteiger partial charge in [-0.2, -0.15) is 0 Å². The highest BCUT2D eigenvalue weighted by molar-refractivity contribution is 5.78. The molecular weight excluding hydrogens is 304 g/mol. The van der Waals surface area contributed by atoms with Gasteiger partial charge in [0.25, 0.3) is 0 Å². The average Bonchev–Trinajstić information content (AvgIpc) is 2.51. The molecule has 2 saturated heterocycles. The number of carbonyl (C=O) groups excluding carboxylic acids is 2. The zero-order valence-electron chi connectivity index (χ0n) is 15.8. The number of nitrogens with zero attached hydrogens (tertiary/aromatic N) is 4. The number of rotatable bonds is 5.